The Morgan fingerprint density at radius 1 is 1.62 bits per heavy atom. The Balaban J connectivity index is 2.82. The van der Waals surface area contributed by atoms with Crippen molar-refractivity contribution in [1.82, 2.24) is 4.98 Å². The van der Waals surface area contributed by atoms with E-state index in [-0.39, 0.29) is 6.04 Å². The normalized spacial score (nSPS) is 14.5. The number of nitrogens with two attached hydrogens (primary N) is 1. The molecule has 0 radical (unpaired) electrons. The van der Waals surface area contributed by atoms with Crippen molar-refractivity contribution in [2.45, 2.75) is 38.3 Å². The number of nitrogens with zero attached hydrogens (tertiary/aromatic N) is 1. The van der Waals surface area contributed by atoms with E-state index in [1.807, 2.05) is 19.2 Å². The van der Waals surface area contributed by atoms with Crippen LogP contribution < -0.4 is 5.73 Å². The second kappa shape index (κ2) is 4.17. The van der Waals surface area contributed by atoms with E-state index >= 15 is 0 Å². The van der Waals surface area contributed by atoms with Crippen LogP contribution in [0.1, 0.15) is 37.7 Å². The first-order chi connectivity index (χ1) is 6.14. The summed E-state index contributed by atoms with van der Waals surface area (Å²) in [6.07, 6.45) is 3.03. The van der Waals surface area contributed by atoms with Gasteiger partial charge in [0.25, 0.3) is 0 Å². The SMILES string of the molecule is CCC(O)(CC)C(N)c1nccs1. The van der Waals surface area contributed by atoms with Gasteiger partial charge >= 0.3 is 0 Å². The lowest BCUT2D eigenvalue weighted by atomic mass is 9.89. The number of hydrogen-bond acceptors (Lipinski definition) is 4. The molecular weight excluding hydrogens is 184 g/mol. The largest absolute Gasteiger partial charge is 0.388 e. The summed E-state index contributed by atoms with van der Waals surface area (Å²) in [4.78, 5) is 4.11. The van der Waals surface area contributed by atoms with Crippen molar-refractivity contribution in [3.8, 4) is 0 Å². The molecule has 0 aliphatic rings. The average Bonchev–Trinajstić information content (AvgIpc) is 2.68. The number of thiazole rings is 1. The highest BCUT2D eigenvalue weighted by Gasteiger charge is 2.32. The van der Waals surface area contributed by atoms with Gasteiger partial charge in [0, 0.05) is 11.6 Å². The van der Waals surface area contributed by atoms with Crippen LogP contribution in [-0.4, -0.2) is 15.7 Å². The average molecular weight is 200 g/mol. The highest BCUT2D eigenvalue weighted by molar-refractivity contribution is 7.09. The van der Waals surface area contributed by atoms with Crippen LogP contribution in [-0.2, 0) is 0 Å². The van der Waals surface area contributed by atoms with Gasteiger partial charge in [-0.05, 0) is 12.8 Å². The van der Waals surface area contributed by atoms with Gasteiger partial charge in [-0.15, -0.1) is 11.3 Å². The minimum atomic E-state index is -0.808. The van der Waals surface area contributed by atoms with E-state index in [4.69, 9.17) is 5.73 Å². The summed E-state index contributed by atoms with van der Waals surface area (Å²) >= 11 is 1.49. The van der Waals surface area contributed by atoms with Gasteiger partial charge in [-0.1, -0.05) is 13.8 Å². The second-order valence-electron chi connectivity index (χ2n) is 3.16. The Bertz CT molecular complexity index is 244. The van der Waals surface area contributed by atoms with E-state index in [0.717, 1.165) is 5.01 Å². The molecule has 4 heteroatoms. The molecule has 0 saturated carbocycles. The van der Waals surface area contributed by atoms with E-state index in [0.29, 0.717) is 12.8 Å². The summed E-state index contributed by atoms with van der Waals surface area (Å²) in [5.74, 6) is 0. The maximum Gasteiger partial charge on any atom is 0.112 e. The third-order valence-electron chi connectivity index (χ3n) is 2.52. The Hall–Kier alpha value is -0.450. The third-order valence-corrected chi connectivity index (χ3v) is 3.38. The van der Waals surface area contributed by atoms with E-state index in [2.05, 4.69) is 4.98 Å². The van der Waals surface area contributed by atoms with Crippen LogP contribution in [0.25, 0.3) is 0 Å². The van der Waals surface area contributed by atoms with Crippen molar-refractivity contribution < 1.29 is 5.11 Å². The smallest absolute Gasteiger partial charge is 0.112 e. The van der Waals surface area contributed by atoms with E-state index in [9.17, 15) is 5.11 Å². The first-order valence-corrected chi connectivity index (χ1v) is 5.39. The highest BCUT2D eigenvalue weighted by Crippen LogP contribution is 2.30. The van der Waals surface area contributed by atoms with Gasteiger partial charge in [0.2, 0.25) is 0 Å². The molecule has 1 unspecified atom stereocenters. The number of aromatic nitrogens is 1. The molecule has 0 fully saturated rings. The van der Waals surface area contributed by atoms with Crippen molar-refractivity contribution in [3.63, 3.8) is 0 Å². The molecule has 0 spiro atoms. The second-order valence-corrected chi connectivity index (χ2v) is 4.08. The zero-order valence-corrected chi connectivity index (χ0v) is 8.84. The zero-order chi connectivity index (χ0) is 9.90. The molecule has 13 heavy (non-hydrogen) atoms. The van der Waals surface area contributed by atoms with Crippen LogP contribution >= 0.6 is 11.3 Å². The highest BCUT2D eigenvalue weighted by atomic mass is 32.1. The maximum atomic E-state index is 10.1. The quantitative estimate of drug-likeness (QED) is 0.777. The van der Waals surface area contributed by atoms with Gasteiger partial charge in [0.1, 0.15) is 5.01 Å². The van der Waals surface area contributed by atoms with Crippen molar-refractivity contribution in [3.05, 3.63) is 16.6 Å². The summed E-state index contributed by atoms with van der Waals surface area (Å²) in [5.41, 5.74) is 5.13. The van der Waals surface area contributed by atoms with Crippen molar-refractivity contribution in [2.75, 3.05) is 0 Å². The fraction of sp³-hybridized carbons (Fsp3) is 0.667. The predicted molar refractivity (Wildman–Crippen MR) is 54.6 cm³/mol. The minimum Gasteiger partial charge on any atom is -0.388 e. The third kappa shape index (κ3) is 2.07. The summed E-state index contributed by atoms with van der Waals surface area (Å²) in [6, 6.07) is -0.359. The molecule has 74 valence electrons. The molecule has 1 aromatic heterocycles. The van der Waals surface area contributed by atoms with Crippen molar-refractivity contribution in [2.24, 2.45) is 5.73 Å². The van der Waals surface area contributed by atoms with E-state index in [1.165, 1.54) is 11.3 Å². The van der Waals surface area contributed by atoms with Gasteiger partial charge in [0.15, 0.2) is 0 Å². The van der Waals surface area contributed by atoms with Crippen LogP contribution in [0.3, 0.4) is 0 Å². The monoisotopic (exact) mass is 200 g/mol. The lowest BCUT2D eigenvalue weighted by molar-refractivity contribution is 0.00563. The summed E-state index contributed by atoms with van der Waals surface area (Å²) < 4.78 is 0. The molecule has 1 heterocycles. The Labute approximate surface area is 82.6 Å². The molecule has 0 aliphatic heterocycles. The first-order valence-electron chi connectivity index (χ1n) is 4.51. The lowest BCUT2D eigenvalue weighted by Crippen LogP contribution is -2.40. The molecule has 0 aliphatic carbocycles. The summed E-state index contributed by atoms with van der Waals surface area (Å²) in [6.45, 7) is 3.88. The van der Waals surface area contributed by atoms with Crippen LogP contribution in [0.2, 0.25) is 0 Å². The summed E-state index contributed by atoms with van der Waals surface area (Å²) in [7, 11) is 0. The van der Waals surface area contributed by atoms with Gasteiger partial charge < -0.3 is 10.8 Å². The Morgan fingerprint density at radius 3 is 2.62 bits per heavy atom. The fourth-order valence-electron chi connectivity index (χ4n) is 1.31. The molecule has 1 aromatic rings. The van der Waals surface area contributed by atoms with Crippen molar-refractivity contribution >= 4 is 11.3 Å². The predicted octanol–water partition coefficient (Wildman–Crippen LogP) is 1.69. The van der Waals surface area contributed by atoms with Crippen LogP contribution in [0.15, 0.2) is 11.6 Å². The maximum absolute atomic E-state index is 10.1. The zero-order valence-electron chi connectivity index (χ0n) is 8.03. The van der Waals surface area contributed by atoms with Crippen LogP contribution in [0.4, 0.5) is 0 Å². The van der Waals surface area contributed by atoms with Crippen LogP contribution in [0.5, 0.6) is 0 Å². The molecule has 1 rings (SSSR count). The molecule has 0 amide bonds. The van der Waals surface area contributed by atoms with Gasteiger partial charge in [0.05, 0.1) is 11.6 Å². The standard InChI is InChI=1S/C9H16N2OS/c1-3-9(12,4-2)7(10)8-11-5-6-13-8/h5-7,12H,3-4,10H2,1-2H3. The Morgan fingerprint density at radius 2 is 2.23 bits per heavy atom. The Kier molecular flexibility index (Phi) is 3.41. The molecule has 0 bridgehead atoms. The van der Waals surface area contributed by atoms with Gasteiger partial charge in [-0.2, -0.15) is 0 Å². The molecule has 0 aromatic carbocycles. The number of aliphatic hydroxyl groups is 1. The topological polar surface area (TPSA) is 59.1 Å². The lowest BCUT2D eigenvalue weighted by Gasteiger charge is -2.30. The first kappa shape index (κ1) is 10.6. The van der Waals surface area contributed by atoms with Crippen LogP contribution in [0, 0.1) is 0 Å². The van der Waals surface area contributed by atoms with Crippen molar-refractivity contribution in [1.29, 1.82) is 0 Å². The molecule has 1 atom stereocenters. The number of hydrogen-bond donors (Lipinski definition) is 2. The van der Waals surface area contributed by atoms with E-state index < -0.39 is 5.60 Å². The molecule has 3 N–H and O–H groups in total. The van der Waals surface area contributed by atoms with Gasteiger partial charge in [-0.3, -0.25) is 0 Å². The number of rotatable bonds is 4. The van der Waals surface area contributed by atoms with E-state index in [1.54, 1.807) is 6.20 Å². The minimum absolute atomic E-state index is 0.359. The van der Waals surface area contributed by atoms with Gasteiger partial charge in [-0.25, -0.2) is 4.98 Å². The molecular formula is C9H16N2OS. The molecule has 0 saturated heterocycles. The molecule has 3 nitrogen and oxygen atoms in total. The fourth-order valence-corrected chi connectivity index (χ4v) is 2.06. The summed E-state index contributed by atoms with van der Waals surface area (Å²) in [5, 5.41) is 12.8.